The first-order valence-corrected chi connectivity index (χ1v) is 6.00. The normalized spacial score (nSPS) is 24.1. The molecule has 0 N–H and O–H groups in total. The van der Waals surface area contributed by atoms with Gasteiger partial charge in [-0.1, -0.05) is 0 Å². The average Bonchev–Trinajstić information content (AvgIpc) is 2.72. The fourth-order valence-corrected chi connectivity index (χ4v) is 2.77. The second-order valence-corrected chi connectivity index (χ2v) is 4.39. The van der Waals surface area contributed by atoms with Crippen molar-refractivity contribution in [2.45, 2.75) is 6.92 Å². The molecule has 1 fully saturated rings. The molecule has 5 nitrogen and oxygen atoms in total. The number of hydrazone groups is 1. The monoisotopic (exact) mass is 228 g/mol. The minimum atomic E-state index is -0.400. The molecule has 2 heterocycles. The number of hydrogen-bond acceptors (Lipinski definition) is 5. The lowest BCUT2D eigenvalue weighted by molar-refractivity contribution is -0.148. The SMILES string of the molecule is CCOC(=O)CN1N=C2CSCC2C1=O. The molecule has 2 aliphatic rings. The standard InChI is InChI=1S/C9H12N2O3S/c1-2-14-8(12)3-11-9(13)6-4-15-5-7(6)10-11/h6H,2-5H2,1H3. The van der Waals surface area contributed by atoms with E-state index in [1.807, 2.05) is 0 Å². The highest BCUT2D eigenvalue weighted by Gasteiger charge is 2.39. The van der Waals surface area contributed by atoms with Crippen molar-refractivity contribution in [1.29, 1.82) is 0 Å². The summed E-state index contributed by atoms with van der Waals surface area (Å²) in [7, 11) is 0. The van der Waals surface area contributed by atoms with Gasteiger partial charge in [0.15, 0.2) is 0 Å². The van der Waals surface area contributed by atoms with Crippen LogP contribution in [0.3, 0.4) is 0 Å². The van der Waals surface area contributed by atoms with Crippen LogP contribution in [0, 0.1) is 5.92 Å². The molecule has 0 radical (unpaired) electrons. The van der Waals surface area contributed by atoms with Crippen molar-refractivity contribution in [3.63, 3.8) is 0 Å². The van der Waals surface area contributed by atoms with E-state index in [0.29, 0.717) is 6.61 Å². The van der Waals surface area contributed by atoms with Crippen LogP contribution < -0.4 is 0 Å². The molecular formula is C9H12N2O3S. The highest BCUT2D eigenvalue weighted by atomic mass is 32.2. The Kier molecular flexibility index (Phi) is 2.95. The van der Waals surface area contributed by atoms with Crippen LogP contribution in [0.25, 0.3) is 0 Å². The quantitative estimate of drug-likeness (QED) is 0.643. The molecule has 2 aliphatic heterocycles. The van der Waals surface area contributed by atoms with E-state index in [1.54, 1.807) is 18.7 Å². The molecule has 1 unspecified atom stereocenters. The first kappa shape index (κ1) is 10.5. The largest absolute Gasteiger partial charge is 0.465 e. The first-order chi connectivity index (χ1) is 7.22. The fraction of sp³-hybridized carbons (Fsp3) is 0.667. The minimum absolute atomic E-state index is 0.0582. The molecule has 0 aliphatic carbocycles. The Hall–Kier alpha value is -1.04. The third-order valence-electron chi connectivity index (χ3n) is 2.32. The van der Waals surface area contributed by atoms with E-state index < -0.39 is 5.97 Å². The Morgan fingerprint density at radius 1 is 1.73 bits per heavy atom. The summed E-state index contributed by atoms with van der Waals surface area (Å²) in [5.41, 5.74) is 0.897. The fourth-order valence-electron chi connectivity index (χ4n) is 1.62. The molecule has 0 bridgehead atoms. The molecule has 1 amide bonds. The molecule has 0 aromatic carbocycles. The second kappa shape index (κ2) is 4.22. The van der Waals surface area contributed by atoms with Crippen molar-refractivity contribution >= 4 is 29.4 Å². The molecule has 0 saturated carbocycles. The number of esters is 1. The van der Waals surface area contributed by atoms with Crippen molar-refractivity contribution in [3.05, 3.63) is 0 Å². The number of ether oxygens (including phenoxy) is 1. The zero-order valence-corrected chi connectivity index (χ0v) is 9.25. The number of amides is 1. The predicted octanol–water partition coefficient (Wildman–Crippen LogP) is 0.111. The second-order valence-electron chi connectivity index (χ2n) is 3.36. The molecule has 82 valence electrons. The Bertz CT molecular complexity index is 329. The number of carbonyl (C=O) groups is 2. The first-order valence-electron chi connectivity index (χ1n) is 4.84. The summed E-state index contributed by atoms with van der Waals surface area (Å²) in [6.45, 7) is 2.01. The van der Waals surface area contributed by atoms with Gasteiger partial charge < -0.3 is 4.74 Å². The third-order valence-corrected chi connectivity index (χ3v) is 3.39. The summed E-state index contributed by atoms with van der Waals surface area (Å²) >= 11 is 1.71. The Balaban J connectivity index is 1.97. The van der Waals surface area contributed by atoms with Gasteiger partial charge in [-0.25, -0.2) is 5.01 Å². The van der Waals surface area contributed by atoms with Crippen molar-refractivity contribution in [2.24, 2.45) is 11.0 Å². The summed E-state index contributed by atoms with van der Waals surface area (Å²) in [5.74, 6) is 1.03. The maximum Gasteiger partial charge on any atom is 0.327 e. The van der Waals surface area contributed by atoms with E-state index in [-0.39, 0.29) is 18.4 Å². The van der Waals surface area contributed by atoms with Crippen LogP contribution in [0.15, 0.2) is 5.10 Å². The van der Waals surface area contributed by atoms with Gasteiger partial charge in [0, 0.05) is 11.5 Å². The molecule has 1 atom stereocenters. The predicted molar refractivity (Wildman–Crippen MR) is 56.6 cm³/mol. The summed E-state index contributed by atoms with van der Waals surface area (Å²) in [6, 6.07) is 0. The van der Waals surface area contributed by atoms with Gasteiger partial charge in [-0.3, -0.25) is 9.59 Å². The van der Waals surface area contributed by atoms with Crippen LogP contribution >= 0.6 is 11.8 Å². The van der Waals surface area contributed by atoms with Crippen molar-refractivity contribution < 1.29 is 14.3 Å². The van der Waals surface area contributed by atoms with E-state index in [1.165, 1.54) is 5.01 Å². The van der Waals surface area contributed by atoms with Gasteiger partial charge in [-0.15, -0.1) is 0 Å². The number of thioether (sulfide) groups is 1. The Labute approximate surface area is 91.8 Å². The number of nitrogens with zero attached hydrogens (tertiary/aromatic N) is 2. The van der Waals surface area contributed by atoms with Crippen molar-refractivity contribution in [3.8, 4) is 0 Å². The van der Waals surface area contributed by atoms with Crippen LogP contribution in [0.5, 0.6) is 0 Å². The van der Waals surface area contributed by atoms with Crippen LogP contribution in [-0.4, -0.2) is 47.3 Å². The van der Waals surface area contributed by atoms with Gasteiger partial charge in [-0.2, -0.15) is 16.9 Å². The van der Waals surface area contributed by atoms with E-state index in [2.05, 4.69) is 5.10 Å². The number of rotatable bonds is 3. The van der Waals surface area contributed by atoms with Crippen molar-refractivity contribution in [2.75, 3.05) is 24.7 Å². The average molecular weight is 228 g/mol. The van der Waals surface area contributed by atoms with Gasteiger partial charge >= 0.3 is 5.97 Å². The summed E-state index contributed by atoms with van der Waals surface area (Å²) in [5, 5.41) is 5.37. The molecular weight excluding hydrogens is 216 g/mol. The van der Waals surface area contributed by atoms with Gasteiger partial charge in [-0.05, 0) is 6.92 Å². The van der Waals surface area contributed by atoms with Crippen molar-refractivity contribution in [1.82, 2.24) is 5.01 Å². The smallest absolute Gasteiger partial charge is 0.327 e. The van der Waals surface area contributed by atoms with Gasteiger partial charge in [0.05, 0.1) is 18.2 Å². The molecule has 6 heteroatoms. The minimum Gasteiger partial charge on any atom is -0.465 e. The summed E-state index contributed by atoms with van der Waals surface area (Å²) in [4.78, 5) is 22.9. The number of fused-ring (bicyclic) bond motifs is 1. The lowest BCUT2D eigenvalue weighted by Crippen LogP contribution is -2.32. The number of carbonyl (C=O) groups excluding carboxylic acids is 2. The molecule has 0 aromatic heterocycles. The highest BCUT2D eigenvalue weighted by molar-refractivity contribution is 8.00. The van der Waals surface area contributed by atoms with Crippen LogP contribution in [0.2, 0.25) is 0 Å². The maximum atomic E-state index is 11.7. The zero-order valence-electron chi connectivity index (χ0n) is 8.43. The maximum absolute atomic E-state index is 11.7. The third kappa shape index (κ3) is 1.99. The van der Waals surface area contributed by atoms with E-state index in [4.69, 9.17) is 4.74 Å². The molecule has 15 heavy (non-hydrogen) atoms. The van der Waals surface area contributed by atoms with Gasteiger partial charge in [0.2, 0.25) is 0 Å². The molecule has 2 rings (SSSR count). The zero-order chi connectivity index (χ0) is 10.8. The van der Waals surface area contributed by atoms with Crippen LogP contribution in [0.1, 0.15) is 6.92 Å². The van der Waals surface area contributed by atoms with Gasteiger partial charge in [0.1, 0.15) is 6.54 Å². The molecule has 0 spiro atoms. The topological polar surface area (TPSA) is 59.0 Å². The molecule has 0 aromatic rings. The lowest BCUT2D eigenvalue weighted by Gasteiger charge is -2.12. The van der Waals surface area contributed by atoms with E-state index >= 15 is 0 Å². The van der Waals surface area contributed by atoms with Crippen LogP contribution in [0.4, 0.5) is 0 Å². The van der Waals surface area contributed by atoms with E-state index in [9.17, 15) is 9.59 Å². The summed E-state index contributed by atoms with van der Waals surface area (Å²) in [6.07, 6.45) is 0. The summed E-state index contributed by atoms with van der Waals surface area (Å²) < 4.78 is 4.77. The Morgan fingerprint density at radius 3 is 3.20 bits per heavy atom. The van der Waals surface area contributed by atoms with E-state index in [0.717, 1.165) is 17.2 Å². The Morgan fingerprint density at radius 2 is 2.53 bits per heavy atom. The van der Waals surface area contributed by atoms with Crippen LogP contribution in [-0.2, 0) is 14.3 Å². The highest BCUT2D eigenvalue weighted by Crippen LogP contribution is 2.28. The van der Waals surface area contributed by atoms with Gasteiger partial charge in [0.25, 0.3) is 5.91 Å². The number of hydrogen-bond donors (Lipinski definition) is 0. The molecule has 1 saturated heterocycles. The lowest BCUT2D eigenvalue weighted by atomic mass is 10.1.